The van der Waals surface area contributed by atoms with Gasteiger partial charge < -0.3 is 10.6 Å². The van der Waals surface area contributed by atoms with Gasteiger partial charge in [-0.2, -0.15) is 0 Å². The van der Waals surface area contributed by atoms with Crippen LogP contribution >= 0.6 is 15.9 Å². The number of hydrogen-bond donors (Lipinski definition) is 2. The third-order valence-corrected chi connectivity index (χ3v) is 2.88. The van der Waals surface area contributed by atoms with Crippen molar-refractivity contribution in [2.45, 2.75) is 26.3 Å². The Kier molecular flexibility index (Phi) is 3.14. The van der Waals surface area contributed by atoms with Gasteiger partial charge in [0.2, 0.25) is 5.91 Å². The van der Waals surface area contributed by atoms with Crippen LogP contribution in [0.1, 0.15) is 20.3 Å². The largest absolute Gasteiger partial charge is 0.357 e. The van der Waals surface area contributed by atoms with E-state index in [2.05, 4.69) is 45.4 Å². The maximum atomic E-state index is 11.8. The van der Waals surface area contributed by atoms with E-state index >= 15 is 0 Å². The predicted octanol–water partition coefficient (Wildman–Crippen LogP) is 2.62. The standard InChI is InChI=1S/C11H14BrN3O/c1-6(2)3-9-11(16)15-8-4-7(12)5-13-10(8)14-9/h4-6,9H,3H2,1-2H3,(H,13,14)(H,15,16). The fourth-order valence-corrected chi connectivity index (χ4v) is 2.07. The molecule has 1 atom stereocenters. The molecule has 1 aliphatic heterocycles. The number of carbonyl (C=O) groups excluding carboxylic acids is 1. The van der Waals surface area contributed by atoms with Crippen LogP contribution in [0.4, 0.5) is 11.5 Å². The van der Waals surface area contributed by atoms with Crippen molar-refractivity contribution in [2.75, 3.05) is 10.6 Å². The zero-order valence-corrected chi connectivity index (χ0v) is 10.8. The molecule has 0 saturated heterocycles. The first-order valence-electron chi connectivity index (χ1n) is 5.29. The molecule has 0 bridgehead atoms. The minimum Gasteiger partial charge on any atom is -0.357 e. The summed E-state index contributed by atoms with van der Waals surface area (Å²) in [4.78, 5) is 16.0. The first-order chi connectivity index (χ1) is 7.56. The highest BCUT2D eigenvalue weighted by Gasteiger charge is 2.26. The zero-order valence-electron chi connectivity index (χ0n) is 9.25. The van der Waals surface area contributed by atoms with Crippen LogP contribution in [0.2, 0.25) is 0 Å². The topological polar surface area (TPSA) is 54.0 Å². The lowest BCUT2D eigenvalue weighted by atomic mass is 10.0. The Morgan fingerprint density at radius 2 is 2.31 bits per heavy atom. The number of amides is 1. The highest BCUT2D eigenvalue weighted by molar-refractivity contribution is 9.10. The Bertz CT molecular complexity index is 420. The van der Waals surface area contributed by atoms with Crippen LogP contribution in [0.3, 0.4) is 0 Å². The predicted molar refractivity (Wildman–Crippen MR) is 67.4 cm³/mol. The normalized spacial score (nSPS) is 19.0. The molecule has 86 valence electrons. The maximum absolute atomic E-state index is 11.8. The second-order valence-corrected chi connectivity index (χ2v) is 5.28. The van der Waals surface area contributed by atoms with E-state index in [0.717, 1.165) is 22.4 Å². The molecule has 5 heteroatoms. The van der Waals surface area contributed by atoms with Crippen LogP contribution in [0.25, 0.3) is 0 Å². The van der Waals surface area contributed by atoms with Gasteiger partial charge in [-0.15, -0.1) is 0 Å². The second kappa shape index (κ2) is 4.41. The van der Waals surface area contributed by atoms with E-state index in [0.29, 0.717) is 5.92 Å². The van der Waals surface area contributed by atoms with Gasteiger partial charge in [-0.3, -0.25) is 4.79 Å². The van der Waals surface area contributed by atoms with Crippen molar-refractivity contribution in [3.63, 3.8) is 0 Å². The lowest BCUT2D eigenvalue weighted by molar-refractivity contribution is -0.117. The number of pyridine rings is 1. The van der Waals surface area contributed by atoms with Gasteiger partial charge in [0, 0.05) is 10.7 Å². The van der Waals surface area contributed by atoms with Gasteiger partial charge in [0.05, 0.1) is 5.69 Å². The number of carbonyl (C=O) groups is 1. The monoisotopic (exact) mass is 283 g/mol. The van der Waals surface area contributed by atoms with E-state index < -0.39 is 0 Å². The molecule has 1 aromatic heterocycles. The third-order valence-electron chi connectivity index (χ3n) is 2.45. The van der Waals surface area contributed by atoms with E-state index in [1.54, 1.807) is 6.20 Å². The molecular weight excluding hydrogens is 270 g/mol. The number of fused-ring (bicyclic) bond motifs is 1. The van der Waals surface area contributed by atoms with Gasteiger partial charge >= 0.3 is 0 Å². The van der Waals surface area contributed by atoms with Crippen molar-refractivity contribution in [3.05, 3.63) is 16.7 Å². The van der Waals surface area contributed by atoms with Crippen molar-refractivity contribution in [2.24, 2.45) is 5.92 Å². The van der Waals surface area contributed by atoms with Crippen LogP contribution in [-0.4, -0.2) is 16.9 Å². The van der Waals surface area contributed by atoms with E-state index in [4.69, 9.17) is 0 Å². The summed E-state index contributed by atoms with van der Waals surface area (Å²) < 4.78 is 0.857. The molecule has 2 heterocycles. The summed E-state index contributed by atoms with van der Waals surface area (Å²) in [5, 5.41) is 6.02. The number of aromatic nitrogens is 1. The third kappa shape index (κ3) is 2.35. The molecule has 16 heavy (non-hydrogen) atoms. The lowest BCUT2D eigenvalue weighted by Gasteiger charge is -2.26. The van der Waals surface area contributed by atoms with Crippen molar-refractivity contribution < 1.29 is 4.79 Å². The smallest absolute Gasteiger partial charge is 0.247 e. The molecule has 4 nitrogen and oxygen atoms in total. The zero-order chi connectivity index (χ0) is 11.7. The molecule has 0 aromatic carbocycles. The van der Waals surface area contributed by atoms with Gasteiger partial charge in [-0.05, 0) is 34.3 Å². The number of rotatable bonds is 2. The molecule has 0 aliphatic carbocycles. The fraction of sp³-hybridized carbons (Fsp3) is 0.455. The molecule has 2 rings (SSSR count). The molecular formula is C11H14BrN3O. The van der Waals surface area contributed by atoms with Crippen molar-refractivity contribution in [3.8, 4) is 0 Å². The second-order valence-electron chi connectivity index (χ2n) is 4.37. The Morgan fingerprint density at radius 1 is 1.56 bits per heavy atom. The highest BCUT2D eigenvalue weighted by atomic mass is 79.9. The number of anilines is 2. The Balaban J connectivity index is 2.22. The number of hydrogen-bond acceptors (Lipinski definition) is 3. The quantitative estimate of drug-likeness (QED) is 0.877. The van der Waals surface area contributed by atoms with Crippen molar-refractivity contribution in [1.82, 2.24) is 4.98 Å². The van der Waals surface area contributed by atoms with Crippen LogP contribution in [0.15, 0.2) is 16.7 Å². The van der Waals surface area contributed by atoms with E-state index in [1.165, 1.54) is 0 Å². The van der Waals surface area contributed by atoms with E-state index in [-0.39, 0.29) is 11.9 Å². The minimum absolute atomic E-state index is 0.0149. The molecule has 0 fully saturated rings. The maximum Gasteiger partial charge on any atom is 0.247 e. The van der Waals surface area contributed by atoms with Gasteiger partial charge in [-0.25, -0.2) is 4.98 Å². The average Bonchev–Trinajstić information content (AvgIpc) is 2.19. The van der Waals surface area contributed by atoms with E-state index in [1.807, 2.05) is 6.07 Å². The summed E-state index contributed by atoms with van der Waals surface area (Å²) >= 11 is 3.32. The summed E-state index contributed by atoms with van der Waals surface area (Å²) in [6.45, 7) is 4.19. The molecule has 0 radical (unpaired) electrons. The van der Waals surface area contributed by atoms with E-state index in [9.17, 15) is 4.79 Å². The van der Waals surface area contributed by atoms with Crippen molar-refractivity contribution in [1.29, 1.82) is 0 Å². The molecule has 0 spiro atoms. The first-order valence-corrected chi connectivity index (χ1v) is 6.08. The fourth-order valence-electron chi connectivity index (χ4n) is 1.74. The van der Waals surface area contributed by atoms with Crippen molar-refractivity contribution >= 4 is 33.3 Å². The van der Waals surface area contributed by atoms with Gasteiger partial charge in [0.25, 0.3) is 0 Å². The number of nitrogens with one attached hydrogen (secondary N) is 2. The summed E-state index contributed by atoms with van der Waals surface area (Å²) in [6.07, 6.45) is 2.53. The number of nitrogens with zero attached hydrogens (tertiary/aromatic N) is 1. The van der Waals surface area contributed by atoms with Gasteiger partial charge in [0.15, 0.2) is 5.82 Å². The summed E-state index contributed by atoms with van der Waals surface area (Å²) in [7, 11) is 0. The minimum atomic E-state index is -0.179. The van der Waals surface area contributed by atoms with Gasteiger partial charge in [0.1, 0.15) is 6.04 Å². The summed E-state index contributed by atoms with van der Waals surface area (Å²) in [6, 6.07) is 1.67. The Hall–Kier alpha value is -1.10. The highest BCUT2D eigenvalue weighted by Crippen LogP contribution is 2.28. The molecule has 1 unspecified atom stereocenters. The molecule has 1 aromatic rings. The molecule has 2 N–H and O–H groups in total. The van der Waals surface area contributed by atoms with Crippen LogP contribution in [0.5, 0.6) is 0 Å². The lowest BCUT2D eigenvalue weighted by Crippen LogP contribution is -2.40. The van der Waals surface area contributed by atoms with Crippen LogP contribution in [0, 0.1) is 5.92 Å². The Labute approximate surface area is 103 Å². The molecule has 1 aliphatic rings. The molecule has 0 saturated carbocycles. The van der Waals surface area contributed by atoms with Crippen LogP contribution < -0.4 is 10.6 Å². The average molecular weight is 284 g/mol. The SMILES string of the molecule is CC(C)CC1Nc2ncc(Br)cc2NC1=O. The molecule has 1 amide bonds. The van der Waals surface area contributed by atoms with Crippen LogP contribution in [-0.2, 0) is 4.79 Å². The number of halogens is 1. The summed E-state index contributed by atoms with van der Waals surface area (Å²) in [5.74, 6) is 1.23. The Morgan fingerprint density at radius 3 is 3.00 bits per heavy atom. The summed E-state index contributed by atoms with van der Waals surface area (Å²) in [5.41, 5.74) is 0.736. The first kappa shape index (κ1) is 11.4. The van der Waals surface area contributed by atoms with Gasteiger partial charge in [-0.1, -0.05) is 13.8 Å².